The fourth-order valence-electron chi connectivity index (χ4n) is 2.14. The first-order chi connectivity index (χ1) is 6.99. The van der Waals surface area contributed by atoms with E-state index in [-0.39, 0.29) is 5.54 Å². The molecule has 15 heavy (non-hydrogen) atoms. The monoisotopic (exact) mass is 212 g/mol. The fourth-order valence-corrected chi connectivity index (χ4v) is 2.14. The molecule has 0 saturated carbocycles. The molecular weight excluding hydrogens is 188 g/mol. The Morgan fingerprint density at radius 1 is 1.53 bits per heavy atom. The van der Waals surface area contributed by atoms with Gasteiger partial charge in [0.2, 0.25) is 0 Å². The van der Waals surface area contributed by atoms with Gasteiger partial charge in [-0.2, -0.15) is 0 Å². The molecule has 1 heterocycles. The summed E-state index contributed by atoms with van der Waals surface area (Å²) in [6.45, 7) is 7.31. The molecule has 88 valence electrons. The van der Waals surface area contributed by atoms with Crippen molar-refractivity contribution in [3.63, 3.8) is 0 Å². The molecule has 1 atom stereocenters. The summed E-state index contributed by atoms with van der Waals surface area (Å²) in [4.78, 5) is 8.81. The third kappa shape index (κ3) is 2.84. The smallest absolute Gasteiger partial charge is 0.191 e. The van der Waals surface area contributed by atoms with Crippen molar-refractivity contribution >= 4 is 5.96 Å². The van der Waals surface area contributed by atoms with E-state index in [9.17, 15) is 0 Å². The highest BCUT2D eigenvalue weighted by molar-refractivity contribution is 5.80. The summed E-state index contributed by atoms with van der Waals surface area (Å²) in [5.74, 6) is 0.716. The Kier molecular flexibility index (Phi) is 3.97. The van der Waals surface area contributed by atoms with Crippen molar-refractivity contribution in [1.29, 1.82) is 0 Å². The first-order valence-electron chi connectivity index (χ1n) is 5.72. The van der Waals surface area contributed by atoms with E-state index in [0.29, 0.717) is 5.96 Å². The molecule has 1 unspecified atom stereocenters. The fraction of sp³-hybridized carbons (Fsp3) is 0.909. The molecular formula is C11H24N4. The molecule has 1 aliphatic rings. The Labute approximate surface area is 93.1 Å². The van der Waals surface area contributed by atoms with E-state index in [0.717, 1.165) is 26.1 Å². The first-order valence-corrected chi connectivity index (χ1v) is 5.72. The molecule has 0 radical (unpaired) electrons. The lowest BCUT2D eigenvalue weighted by Crippen LogP contribution is -2.51. The molecule has 1 rings (SSSR count). The number of hydrogen-bond acceptors (Lipinski definition) is 4. The molecule has 0 aromatic heterocycles. The molecule has 0 bridgehead atoms. The third-order valence-corrected chi connectivity index (χ3v) is 3.07. The number of nitrogens with zero attached hydrogens (tertiary/aromatic N) is 3. The second kappa shape index (κ2) is 4.84. The molecule has 0 spiro atoms. The van der Waals surface area contributed by atoms with Crippen LogP contribution in [0.15, 0.2) is 4.99 Å². The molecule has 4 nitrogen and oxygen atoms in total. The van der Waals surface area contributed by atoms with Crippen molar-refractivity contribution in [3.8, 4) is 0 Å². The molecule has 0 amide bonds. The lowest BCUT2D eigenvalue weighted by molar-refractivity contribution is 0.190. The standard InChI is InChI=1S/C11H24N4/c1-5-6-11(2)9-13-10(12)15(11)8-7-14(3)4/h5-9H2,1-4H3,(H2,12,13). The summed E-state index contributed by atoms with van der Waals surface area (Å²) < 4.78 is 0. The van der Waals surface area contributed by atoms with Crippen LogP contribution in [0.2, 0.25) is 0 Å². The predicted molar refractivity (Wildman–Crippen MR) is 65.1 cm³/mol. The quantitative estimate of drug-likeness (QED) is 0.731. The number of rotatable bonds is 5. The van der Waals surface area contributed by atoms with E-state index in [1.54, 1.807) is 0 Å². The Morgan fingerprint density at radius 2 is 2.20 bits per heavy atom. The minimum Gasteiger partial charge on any atom is -0.370 e. The molecule has 0 aromatic rings. The van der Waals surface area contributed by atoms with Gasteiger partial charge in [-0.1, -0.05) is 13.3 Å². The predicted octanol–water partition coefficient (Wildman–Crippen LogP) is 0.737. The molecule has 0 aliphatic carbocycles. The second-order valence-electron chi connectivity index (χ2n) is 4.88. The highest BCUT2D eigenvalue weighted by atomic mass is 15.4. The summed E-state index contributed by atoms with van der Waals surface area (Å²) in [5, 5.41) is 0. The van der Waals surface area contributed by atoms with Crippen LogP contribution < -0.4 is 5.73 Å². The zero-order chi connectivity index (χ0) is 11.5. The van der Waals surface area contributed by atoms with Crippen LogP contribution in [0, 0.1) is 0 Å². The van der Waals surface area contributed by atoms with Crippen LogP contribution in [0.5, 0.6) is 0 Å². The van der Waals surface area contributed by atoms with Gasteiger partial charge in [-0.3, -0.25) is 4.99 Å². The van der Waals surface area contributed by atoms with E-state index in [2.05, 4.69) is 42.7 Å². The molecule has 0 aromatic carbocycles. The average molecular weight is 212 g/mol. The Hall–Kier alpha value is -0.770. The minimum atomic E-state index is 0.148. The molecule has 1 aliphatic heterocycles. The summed E-state index contributed by atoms with van der Waals surface area (Å²) in [6.07, 6.45) is 2.34. The van der Waals surface area contributed by atoms with Crippen molar-refractivity contribution in [1.82, 2.24) is 9.80 Å². The van der Waals surface area contributed by atoms with Crippen LogP contribution >= 0.6 is 0 Å². The number of hydrogen-bond donors (Lipinski definition) is 1. The molecule has 0 fully saturated rings. The van der Waals surface area contributed by atoms with E-state index in [4.69, 9.17) is 5.73 Å². The summed E-state index contributed by atoms with van der Waals surface area (Å²) in [5.41, 5.74) is 6.08. The van der Waals surface area contributed by atoms with Gasteiger partial charge in [0.05, 0.1) is 12.1 Å². The number of guanidine groups is 1. The highest BCUT2D eigenvalue weighted by Crippen LogP contribution is 2.25. The maximum absolute atomic E-state index is 5.93. The van der Waals surface area contributed by atoms with Crippen LogP contribution in [-0.4, -0.2) is 55.0 Å². The van der Waals surface area contributed by atoms with E-state index < -0.39 is 0 Å². The topological polar surface area (TPSA) is 44.9 Å². The van der Waals surface area contributed by atoms with Crippen LogP contribution in [0.3, 0.4) is 0 Å². The zero-order valence-electron chi connectivity index (χ0n) is 10.5. The van der Waals surface area contributed by atoms with Crippen molar-refractivity contribution in [3.05, 3.63) is 0 Å². The third-order valence-electron chi connectivity index (χ3n) is 3.07. The highest BCUT2D eigenvalue weighted by Gasteiger charge is 2.36. The SMILES string of the molecule is CCCC1(C)CN=C(N)N1CCN(C)C. The van der Waals surface area contributed by atoms with Gasteiger partial charge in [0.1, 0.15) is 0 Å². The van der Waals surface area contributed by atoms with Crippen LogP contribution in [-0.2, 0) is 0 Å². The van der Waals surface area contributed by atoms with Gasteiger partial charge >= 0.3 is 0 Å². The number of likely N-dealkylation sites (N-methyl/N-ethyl adjacent to an activating group) is 1. The summed E-state index contributed by atoms with van der Waals surface area (Å²) in [6, 6.07) is 0. The van der Waals surface area contributed by atoms with Gasteiger partial charge in [0.25, 0.3) is 0 Å². The Balaban J connectivity index is 2.59. The van der Waals surface area contributed by atoms with Crippen LogP contribution in [0.4, 0.5) is 0 Å². The summed E-state index contributed by atoms with van der Waals surface area (Å²) >= 11 is 0. The second-order valence-corrected chi connectivity index (χ2v) is 4.88. The Bertz CT molecular complexity index is 237. The lowest BCUT2D eigenvalue weighted by atomic mass is 9.95. The largest absolute Gasteiger partial charge is 0.370 e. The summed E-state index contributed by atoms with van der Waals surface area (Å²) in [7, 11) is 4.17. The lowest BCUT2D eigenvalue weighted by Gasteiger charge is -2.36. The van der Waals surface area contributed by atoms with Crippen molar-refractivity contribution < 1.29 is 0 Å². The molecule has 2 N–H and O–H groups in total. The van der Waals surface area contributed by atoms with Crippen LogP contribution in [0.1, 0.15) is 26.7 Å². The maximum Gasteiger partial charge on any atom is 0.191 e. The van der Waals surface area contributed by atoms with Gasteiger partial charge < -0.3 is 15.5 Å². The average Bonchev–Trinajstić information content (AvgIpc) is 2.40. The van der Waals surface area contributed by atoms with Gasteiger partial charge in [0, 0.05) is 13.1 Å². The minimum absolute atomic E-state index is 0.148. The Morgan fingerprint density at radius 3 is 2.73 bits per heavy atom. The van der Waals surface area contributed by atoms with Gasteiger partial charge in [-0.05, 0) is 27.4 Å². The van der Waals surface area contributed by atoms with Crippen LogP contribution in [0.25, 0.3) is 0 Å². The first kappa shape index (κ1) is 12.3. The molecule has 4 heteroatoms. The normalized spacial score (nSPS) is 26.2. The van der Waals surface area contributed by atoms with Gasteiger partial charge in [0.15, 0.2) is 5.96 Å². The van der Waals surface area contributed by atoms with E-state index in [1.165, 1.54) is 6.42 Å². The van der Waals surface area contributed by atoms with Gasteiger partial charge in [-0.25, -0.2) is 0 Å². The van der Waals surface area contributed by atoms with Crippen molar-refractivity contribution in [2.45, 2.75) is 32.2 Å². The van der Waals surface area contributed by atoms with Crippen molar-refractivity contribution in [2.24, 2.45) is 10.7 Å². The van der Waals surface area contributed by atoms with Gasteiger partial charge in [-0.15, -0.1) is 0 Å². The maximum atomic E-state index is 5.93. The van der Waals surface area contributed by atoms with Crippen molar-refractivity contribution in [2.75, 3.05) is 33.7 Å². The number of nitrogens with two attached hydrogens (primary N) is 1. The zero-order valence-corrected chi connectivity index (χ0v) is 10.5. The van der Waals surface area contributed by atoms with E-state index >= 15 is 0 Å². The number of aliphatic imine (C=N–C) groups is 1. The van der Waals surface area contributed by atoms with E-state index in [1.807, 2.05) is 0 Å². The molecule has 0 saturated heterocycles.